The summed E-state index contributed by atoms with van der Waals surface area (Å²) in [4.78, 5) is 7.85. The first-order valence-corrected chi connectivity index (χ1v) is 8.87. The minimum atomic E-state index is 0.433. The zero-order valence-corrected chi connectivity index (χ0v) is 12.9. The molecule has 0 aromatic carbocycles. The van der Waals surface area contributed by atoms with E-state index in [2.05, 4.69) is 17.1 Å². The predicted octanol–water partition coefficient (Wildman–Crippen LogP) is 3.30. The van der Waals surface area contributed by atoms with E-state index in [0.29, 0.717) is 17.5 Å². The van der Waals surface area contributed by atoms with Gasteiger partial charge in [-0.05, 0) is 25.7 Å². The van der Waals surface area contributed by atoms with Gasteiger partial charge in [-0.1, -0.05) is 45.4 Å². The second kappa shape index (κ2) is 4.92. The van der Waals surface area contributed by atoms with Gasteiger partial charge in [0, 0.05) is 18.0 Å². The van der Waals surface area contributed by atoms with Crippen molar-refractivity contribution >= 4 is 5.96 Å². The molecule has 2 aliphatic carbocycles. The second-order valence-electron chi connectivity index (χ2n) is 7.81. The summed E-state index contributed by atoms with van der Waals surface area (Å²) in [6.07, 6.45) is 13.8. The number of aliphatic imine (C=N–C) groups is 1. The fraction of sp³-hybridized carbons (Fsp3) is 0.941. The third kappa shape index (κ3) is 2.05. The lowest BCUT2D eigenvalue weighted by atomic mass is 9.77. The van der Waals surface area contributed by atoms with Crippen LogP contribution in [-0.4, -0.2) is 35.5 Å². The number of fused-ring (bicyclic) bond motifs is 4. The van der Waals surface area contributed by atoms with Gasteiger partial charge >= 0.3 is 0 Å². The minimum absolute atomic E-state index is 0.433. The van der Waals surface area contributed by atoms with Gasteiger partial charge in [-0.25, -0.2) is 4.99 Å². The van der Waals surface area contributed by atoms with Crippen molar-refractivity contribution in [3.63, 3.8) is 0 Å². The molecule has 0 radical (unpaired) electrons. The Morgan fingerprint density at radius 3 is 2.80 bits per heavy atom. The molecule has 3 nitrogen and oxygen atoms in total. The molecule has 4 atom stereocenters. The van der Waals surface area contributed by atoms with Crippen molar-refractivity contribution in [1.82, 2.24) is 10.2 Å². The van der Waals surface area contributed by atoms with E-state index in [9.17, 15) is 0 Å². The Kier molecular flexibility index (Phi) is 3.19. The maximum Gasteiger partial charge on any atom is 0.194 e. The van der Waals surface area contributed by atoms with Gasteiger partial charge in [0.05, 0.1) is 12.1 Å². The van der Waals surface area contributed by atoms with Crippen LogP contribution in [0.1, 0.15) is 71.1 Å². The van der Waals surface area contributed by atoms with Crippen LogP contribution in [0.2, 0.25) is 0 Å². The Hall–Kier alpha value is -0.730. The maximum absolute atomic E-state index is 5.18. The van der Waals surface area contributed by atoms with Gasteiger partial charge in [-0.3, -0.25) is 0 Å². The standard InChI is InChI=1S/C17H29N3/c1-17-11-7-3-6-10-15(17)19-16-18-13-8-4-2-5-9-14(13)20(16)12-17/h13-15H,2-12H2,1H3,(H,18,19)/t13?,14?,15-,17?/m0/s1. The quantitative estimate of drug-likeness (QED) is 0.734. The van der Waals surface area contributed by atoms with Gasteiger partial charge in [-0.2, -0.15) is 0 Å². The number of nitrogens with one attached hydrogen (secondary N) is 1. The van der Waals surface area contributed by atoms with E-state index >= 15 is 0 Å². The van der Waals surface area contributed by atoms with Gasteiger partial charge in [0.2, 0.25) is 0 Å². The number of nitrogens with zero attached hydrogens (tertiary/aromatic N) is 2. The lowest BCUT2D eigenvalue weighted by Crippen LogP contribution is -2.51. The summed E-state index contributed by atoms with van der Waals surface area (Å²) in [5.74, 6) is 1.26. The van der Waals surface area contributed by atoms with Crippen LogP contribution < -0.4 is 5.32 Å². The number of rotatable bonds is 0. The van der Waals surface area contributed by atoms with Crippen molar-refractivity contribution in [2.75, 3.05) is 6.54 Å². The van der Waals surface area contributed by atoms with Crippen LogP contribution in [0.4, 0.5) is 0 Å². The topological polar surface area (TPSA) is 27.6 Å². The van der Waals surface area contributed by atoms with E-state index in [4.69, 9.17) is 4.99 Å². The van der Waals surface area contributed by atoms with Crippen molar-refractivity contribution < 1.29 is 0 Å². The normalized spacial score (nSPS) is 44.4. The van der Waals surface area contributed by atoms with Crippen LogP contribution in [0, 0.1) is 5.41 Å². The molecule has 1 N–H and O–H groups in total. The Labute approximate surface area is 123 Å². The molecule has 1 saturated heterocycles. The predicted molar refractivity (Wildman–Crippen MR) is 82.9 cm³/mol. The molecule has 2 aliphatic heterocycles. The third-order valence-corrected chi connectivity index (χ3v) is 6.31. The lowest BCUT2D eigenvalue weighted by molar-refractivity contribution is 0.132. The van der Waals surface area contributed by atoms with E-state index in [1.807, 2.05) is 0 Å². The molecular formula is C17H29N3. The zero-order valence-electron chi connectivity index (χ0n) is 12.9. The van der Waals surface area contributed by atoms with E-state index < -0.39 is 0 Å². The molecule has 3 unspecified atom stereocenters. The van der Waals surface area contributed by atoms with Gasteiger partial charge < -0.3 is 10.2 Å². The molecule has 112 valence electrons. The summed E-state index contributed by atoms with van der Waals surface area (Å²) < 4.78 is 0. The number of guanidine groups is 1. The van der Waals surface area contributed by atoms with E-state index in [1.54, 1.807) is 0 Å². The first-order chi connectivity index (χ1) is 9.76. The highest BCUT2D eigenvalue weighted by Gasteiger charge is 2.47. The van der Waals surface area contributed by atoms with Crippen molar-refractivity contribution in [2.24, 2.45) is 10.4 Å². The molecule has 3 heteroatoms. The molecule has 20 heavy (non-hydrogen) atoms. The van der Waals surface area contributed by atoms with E-state index in [0.717, 1.165) is 6.04 Å². The average Bonchev–Trinajstić information content (AvgIpc) is 2.63. The molecule has 0 amide bonds. The van der Waals surface area contributed by atoms with Gasteiger partial charge in [0.15, 0.2) is 5.96 Å². The molecule has 4 aliphatic rings. The molecule has 0 aromatic rings. The first kappa shape index (κ1) is 13.0. The fourth-order valence-electron chi connectivity index (χ4n) is 5.04. The van der Waals surface area contributed by atoms with Crippen molar-refractivity contribution in [3.8, 4) is 0 Å². The summed E-state index contributed by atoms with van der Waals surface area (Å²) in [7, 11) is 0. The Morgan fingerprint density at radius 1 is 1.05 bits per heavy atom. The lowest BCUT2D eigenvalue weighted by Gasteiger charge is -2.44. The van der Waals surface area contributed by atoms with Gasteiger partial charge in [0.25, 0.3) is 0 Å². The number of hydrogen-bond acceptors (Lipinski definition) is 3. The molecule has 2 saturated carbocycles. The molecule has 3 fully saturated rings. The molecule has 0 bridgehead atoms. The Morgan fingerprint density at radius 2 is 1.85 bits per heavy atom. The minimum Gasteiger partial charge on any atom is -0.351 e. The highest BCUT2D eigenvalue weighted by molar-refractivity contribution is 5.84. The van der Waals surface area contributed by atoms with Gasteiger partial charge in [-0.15, -0.1) is 0 Å². The van der Waals surface area contributed by atoms with Crippen LogP contribution in [0.5, 0.6) is 0 Å². The number of hydrogen-bond donors (Lipinski definition) is 1. The van der Waals surface area contributed by atoms with Crippen molar-refractivity contribution in [2.45, 2.75) is 89.3 Å². The van der Waals surface area contributed by atoms with E-state index in [-0.39, 0.29) is 0 Å². The second-order valence-corrected chi connectivity index (χ2v) is 7.81. The van der Waals surface area contributed by atoms with Crippen LogP contribution in [0.15, 0.2) is 4.99 Å². The van der Waals surface area contributed by atoms with Crippen molar-refractivity contribution in [1.29, 1.82) is 0 Å². The smallest absolute Gasteiger partial charge is 0.194 e. The largest absolute Gasteiger partial charge is 0.351 e. The Balaban J connectivity index is 1.62. The Bertz CT molecular complexity index is 405. The molecule has 4 rings (SSSR count). The highest BCUT2D eigenvalue weighted by atomic mass is 15.4. The third-order valence-electron chi connectivity index (χ3n) is 6.31. The SMILES string of the molecule is CC12CCCCC[C@@H]1N=C1NC3CCCCCC3N1C2. The fourth-order valence-corrected chi connectivity index (χ4v) is 5.04. The average molecular weight is 275 g/mol. The summed E-state index contributed by atoms with van der Waals surface area (Å²) in [6.45, 7) is 3.76. The first-order valence-electron chi connectivity index (χ1n) is 8.87. The monoisotopic (exact) mass is 275 g/mol. The van der Waals surface area contributed by atoms with Crippen LogP contribution >= 0.6 is 0 Å². The van der Waals surface area contributed by atoms with Gasteiger partial charge in [0.1, 0.15) is 0 Å². The zero-order chi connectivity index (χ0) is 13.6. The summed E-state index contributed by atoms with van der Waals surface area (Å²) in [5, 5.41) is 3.78. The summed E-state index contributed by atoms with van der Waals surface area (Å²) >= 11 is 0. The maximum atomic E-state index is 5.18. The van der Waals surface area contributed by atoms with Crippen LogP contribution in [0.3, 0.4) is 0 Å². The molecular weight excluding hydrogens is 246 g/mol. The molecule has 0 aromatic heterocycles. The summed E-state index contributed by atoms with van der Waals surface area (Å²) in [6, 6.07) is 1.99. The van der Waals surface area contributed by atoms with Crippen molar-refractivity contribution in [3.05, 3.63) is 0 Å². The van der Waals surface area contributed by atoms with E-state index in [1.165, 1.54) is 76.7 Å². The highest BCUT2D eigenvalue weighted by Crippen LogP contribution is 2.42. The molecule has 2 heterocycles. The van der Waals surface area contributed by atoms with Crippen LogP contribution in [-0.2, 0) is 0 Å². The van der Waals surface area contributed by atoms with Crippen LogP contribution in [0.25, 0.3) is 0 Å². The summed E-state index contributed by atoms with van der Waals surface area (Å²) in [5.41, 5.74) is 0.433. The molecule has 0 spiro atoms.